The van der Waals surface area contributed by atoms with E-state index in [1.54, 1.807) is 24.3 Å². The van der Waals surface area contributed by atoms with Crippen molar-refractivity contribution in [3.8, 4) is 18.1 Å². The Hall–Kier alpha value is -4.45. The summed E-state index contributed by atoms with van der Waals surface area (Å²) in [5.74, 6) is 0.976. The Morgan fingerprint density at radius 2 is 1.93 bits per heavy atom. The van der Waals surface area contributed by atoms with Crippen molar-refractivity contribution in [1.29, 1.82) is 0 Å². The van der Waals surface area contributed by atoms with Gasteiger partial charge in [0.25, 0.3) is 17.5 Å². The molecule has 0 atom stereocenters. The number of barbiturate groups is 1. The zero-order valence-electron chi connectivity index (χ0n) is 14.8. The molecule has 29 heavy (non-hydrogen) atoms. The van der Waals surface area contributed by atoms with Crippen LogP contribution in [-0.2, 0) is 9.59 Å². The number of hydrogen-bond donors (Lipinski definition) is 1. The number of hydrogen-bond acceptors (Lipinski definition) is 6. The normalized spacial score (nSPS) is 15.1. The number of nitrogens with zero attached hydrogens (tertiary/aromatic N) is 2. The highest BCUT2D eigenvalue weighted by molar-refractivity contribution is 6.39. The molecule has 1 N–H and O–H groups in total. The van der Waals surface area contributed by atoms with E-state index in [1.807, 2.05) is 0 Å². The Morgan fingerprint density at radius 1 is 1.17 bits per heavy atom. The predicted molar refractivity (Wildman–Crippen MR) is 103 cm³/mol. The van der Waals surface area contributed by atoms with Crippen molar-refractivity contribution in [2.45, 2.75) is 0 Å². The molecule has 9 heteroatoms. The van der Waals surface area contributed by atoms with Crippen LogP contribution < -0.4 is 15.0 Å². The summed E-state index contributed by atoms with van der Waals surface area (Å²) in [6.45, 7) is 0.0501. The lowest BCUT2D eigenvalue weighted by Gasteiger charge is -2.26. The maximum Gasteiger partial charge on any atom is 0.335 e. The van der Waals surface area contributed by atoms with Gasteiger partial charge < -0.3 is 4.74 Å². The number of carbonyl (C=O) groups excluding carboxylic acids is 3. The standard InChI is InChI=1S/C20H13N3O6/c1-2-9-29-16-8-3-5-13(10-16)11-17-18(24)21-20(26)22(19(17)25)14-6-4-7-15(12-14)23(27)28/h1,3-8,10-12H,9H2,(H,21,24,26). The fraction of sp³-hybridized carbons (Fsp3) is 0.0500. The molecule has 0 aromatic heterocycles. The fourth-order valence-electron chi connectivity index (χ4n) is 2.62. The van der Waals surface area contributed by atoms with E-state index in [0.29, 0.717) is 16.2 Å². The second-order valence-electron chi connectivity index (χ2n) is 5.80. The van der Waals surface area contributed by atoms with Crippen LogP contribution in [0.25, 0.3) is 6.08 Å². The van der Waals surface area contributed by atoms with Gasteiger partial charge in [-0.1, -0.05) is 24.1 Å². The van der Waals surface area contributed by atoms with E-state index in [-0.39, 0.29) is 23.6 Å². The second kappa shape index (κ2) is 8.06. The molecule has 0 unspecified atom stereocenters. The van der Waals surface area contributed by atoms with E-state index >= 15 is 0 Å². The zero-order valence-corrected chi connectivity index (χ0v) is 14.8. The summed E-state index contributed by atoms with van der Waals surface area (Å²) >= 11 is 0. The van der Waals surface area contributed by atoms with E-state index < -0.39 is 22.8 Å². The minimum atomic E-state index is -0.997. The third-order valence-electron chi connectivity index (χ3n) is 3.89. The molecule has 0 saturated carbocycles. The summed E-state index contributed by atoms with van der Waals surface area (Å²) in [5, 5.41) is 13.0. The predicted octanol–water partition coefficient (Wildman–Crippen LogP) is 2.27. The van der Waals surface area contributed by atoms with E-state index in [0.717, 1.165) is 6.07 Å². The SMILES string of the molecule is C#CCOc1cccc(C=C2C(=O)NC(=O)N(c3cccc([N+](=O)[O-])c3)C2=O)c1. The van der Waals surface area contributed by atoms with E-state index in [2.05, 4.69) is 11.2 Å². The summed E-state index contributed by atoms with van der Waals surface area (Å²) in [5.41, 5.74) is -0.188. The minimum Gasteiger partial charge on any atom is -0.481 e. The number of nitro groups is 1. The Kier molecular flexibility index (Phi) is 5.37. The number of anilines is 1. The highest BCUT2D eigenvalue weighted by Crippen LogP contribution is 2.26. The van der Waals surface area contributed by atoms with Crippen LogP contribution in [0.1, 0.15) is 5.56 Å². The molecule has 1 fully saturated rings. The first-order chi connectivity index (χ1) is 13.9. The molecule has 144 valence electrons. The van der Waals surface area contributed by atoms with Gasteiger partial charge in [-0.25, -0.2) is 9.69 Å². The second-order valence-corrected chi connectivity index (χ2v) is 5.80. The van der Waals surface area contributed by atoms with Gasteiger partial charge in [-0.3, -0.25) is 25.0 Å². The topological polar surface area (TPSA) is 119 Å². The molecule has 1 heterocycles. The molecular weight excluding hydrogens is 378 g/mol. The van der Waals surface area contributed by atoms with Crippen LogP contribution in [0.3, 0.4) is 0 Å². The molecule has 0 spiro atoms. The van der Waals surface area contributed by atoms with Gasteiger partial charge in [0.15, 0.2) is 0 Å². The molecule has 1 saturated heterocycles. The Morgan fingerprint density at radius 3 is 2.66 bits per heavy atom. The van der Waals surface area contributed by atoms with Crippen molar-refractivity contribution in [1.82, 2.24) is 5.32 Å². The van der Waals surface area contributed by atoms with E-state index in [9.17, 15) is 24.5 Å². The van der Waals surface area contributed by atoms with Crippen LogP contribution in [-0.4, -0.2) is 29.4 Å². The number of terminal acetylenes is 1. The summed E-state index contributed by atoms with van der Waals surface area (Å²) in [7, 11) is 0. The number of nitro benzene ring substituents is 1. The quantitative estimate of drug-likeness (QED) is 0.275. The van der Waals surface area contributed by atoms with Crippen LogP contribution in [0, 0.1) is 22.5 Å². The number of non-ortho nitro benzene ring substituents is 1. The lowest BCUT2D eigenvalue weighted by Crippen LogP contribution is -2.54. The van der Waals surface area contributed by atoms with Crippen LogP contribution in [0.5, 0.6) is 5.75 Å². The van der Waals surface area contributed by atoms with Crippen molar-refractivity contribution in [2.75, 3.05) is 11.5 Å². The number of ether oxygens (including phenoxy) is 1. The van der Waals surface area contributed by atoms with Gasteiger partial charge in [-0.15, -0.1) is 6.42 Å². The maximum absolute atomic E-state index is 12.8. The van der Waals surface area contributed by atoms with Gasteiger partial charge in [-0.05, 0) is 29.8 Å². The number of amides is 4. The highest BCUT2D eigenvalue weighted by Gasteiger charge is 2.37. The smallest absolute Gasteiger partial charge is 0.335 e. The number of carbonyl (C=O) groups is 3. The molecular formula is C20H13N3O6. The fourth-order valence-corrected chi connectivity index (χ4v) is 2.62. The summed E-state index contributed by atoms with van der Waals surface area (Å²) in [4.78, 5) is 48.2. The van der Waals surface area contributed by atoms with Gasteiger partial charge in [0.05, 0.1) is 10.6 Å². The zero-order chi connectivity index (χ0) is 21.0. The molecule has 4 amide bonds. The largest absolute Gasteiger partial charge is 0.481 e. The third kappa shape index (κ3) is 4.12. The first-order valence-electron chi connectivity index (χ1n) is 8.23. The van der Waals surface area contributed by atoms with Gasteiger partial charge in [0, 0.05) is 12.1 Å². The average Bonchev–Trinajstić information content (AvgIpc) is 2.70. The molecule has 2 aromatic rings. The van der Waals surface area contributed by atoms with Crippen LogP contribution in [0.2, 0.25) is 0 Å². The van der Waals surface area contributed by atoms with Gasteiger partial charge >= 0.3 is 6.03 Å². The Bertz CT molecular complexity index is 1100. The van der Waals surface area contributed by atoms with E-state index in [4.69, 9.17) is 11.2 Å². The molecule has 1 aliphatic rings. The van der Waals surface area contributed by atoms with Crippen molar-refractivity contribution in [3.63, 3.8) is 0 Å². The molecule has 1 aliphatic heterocycles. The first-order valence-corrected chi connectivity index (χ1v) is 8.23. The summed E-state index contributed by atoms with van der Waals surface area (Å²) in [6, 6.07) is 10.5. The van der Waals surface area contributed by atoms with Crippen molar-refractivity contribution >= 4 is 35.3 Å². The van der Waals surface area contributed by atoms with Crippen molar-refractivity contribution in [3.05, 3.63) is 69.8 Å². The van der Waals surface area contributed by atoms with Crippen LogP contribution in [0.15, 0.2) is 54.1 Å². The third-order valence-corrected chi connectivity index (χ3v) is 3.89. The highest BCUT2D eigenvalue weighted by atomic mass is 16.6. The number of urea groups is 1. The maximum atomic E-state index is 12.8. The van der Waals surface area contributed by atoms with Crippen LogP contribution >= 0.6 is 0 Å². The summed E-state index contributed by atoms with van der Waals surface area (Å²) < 4.78 is 5.30. The minimum absolute atomic E-state index is 0.0359. The number of rotatable bonds is 5. The number of benzene rings is 2. The molecule has 3 rings (SSSR count). The van der Waals surface area contributed by atoms with Gasteiger partial charge in [0.1, 0.15) is 17.9 Å². The molecule has 2 aromatic carbocycles. The molecule has 0 radical (unpaired) electrons. The lowest BCUT2D eigenvalue weighted by atomic mass is 10.1. The number of nitrogens with one attached hydrogen (secondary N) is 1. The number of imide groups is 2. The van der Waals surface area contributed by atoms with E-state index in [1.165, 1.54) is 24.3 Å². The van der Waals surface area contributed by atoms with Gasteiger partial charge in [-0.2, -0.15) is 0 Å². The molecule has 9 nitrogen and oxygen atoms in total. The van der Waals surface area contributed by atoms with Crippen molar-refractivity contribution < 1.29 is 24.0 Å². The van der Waals surface area contributed by atoms with Crippen LogP contribution in [0.4, 0.5) is 16.2 Å². The average molecular weight is 391 g/mol. The monoisotopic (exact) mass is 391 g/mol. The molecule has 0 aliphatic carbocycles. The summed E-state index contributed by atoms with van der Waals surface area (Å²) in [6.07, 6.45) is 6.44. The lowest BCUT2D eigenvalue weighted by molar-refractivity contribution is -0.384. The Labute approximate surface area is 164 Å². The van der Waals surface area contributed by atoms with Gasteiger partial charge in [0.2, 0.25) is 0 Å². The Balaban J connectivity index is 1.97. The first kappa shape index (κ1) is 19.3. The molecule has 0 bridgehead atoms. The van der Waals surface area contributed by atoms with Crippen molar-refractivity contribution in [2.24, 2.45) is 0 Å².